The van der Waals surface area contributed by atoms with Gasteiger partial charge in [-0.05, 0) is 49.8 Å². The standard InChI is InChI=1S/C21H27N7/c1-21(15-22)6-11-26(12-7-21)19-18-14-25-20(28(18)13-9-24-19)27-10-3-4-16-17(27)5-2-8-23-16/h2,5,8-9,13-14H,3-4,6-7,10-12,15,22H2,1H3. The lowest BCUT2D eigenvalue weighted by molar-refractivity contribution is 0.258. The number of anilines is 3. The number of rotatable bonds is 3. The Kier molecular flexibility index (Phi) is 4.19. The van der Waals surface area contributed by atoms with Gasteiger partial charge in [0.15, 0.2) is 5.82 Å². The maximum atomic E-state index is 5.98. The topological polar surface area (TPSA) is 75.6 Å². The van der Waals surface area contributed by atoms with E-state index in [1.165, 1.54) is 0 Å². The molecule has 0 saturated carbocycles. The minimum absolute atomic E-state index is 0.248. The first-order valence-corrected chi connectivity index (χ1v) is 10.2. The van der Waals surface area contributed by atoms with E-state index in [2.05, 4.69) is 32.2 Å². The molecule has 0 unspecified atom stereocenters. The molecule has 5 heterocycles. The molecule has 0 spiro atoms. The number of pyridine rings is 1. The second-order valence-electron chi connectivity index (χ2n) is 8.29. The second-order valence-corrected chi connectivity index (χ2v) is 8.29. The van der Waals surface area contributed by atoms with E-state index < -0.39 is 0 Å². The molecular weight excluding hydrogens is 350 g/mol. The highest BCUT2D eigenvalue weighted by Crippen LogP contribution is 2.35. The van der Waals surface area contributed by atoms with Crippen molar-refractivity contribution in [1.29, 1.82) is 0 Å². The van der Waals surface area contributed by atoms with Crippen LogP contribution >= 0.6 is 0 Å². The molecule has 3 aromatic heterocycles. The first-order valence-electron chi connectivity index (χ1n) is 10.2. The highest BCUT2D eigenvalue weighted by molar-refractivity contribution is 5.73. The van der Waals surface area contributed by atoms with Crippen LogP contribution in [0.25, 0.3) is 5.52 Å². The van der Waals surface area contributed by atoms with Crippen molar-refractivity contribution in [3.05, 3.63) is 42.6 Å². The highest BCUT2D eigenvalue weighted by Gasteiger charge is 2.30. The van der Waals surface area contributed by atoms with Crippen LogP contribution in [0.2, 0.25) is 0 Å². The van der Waals surface area contributed by atoms with Crippen molar-refractivity contribution >= 4 is 23.0 Å². The molecular formula is C21H27N7. The maximum Gasteiger partial charge on any atom is 0.214 e. The van der Waals surface area contributed by atoms with Gasteiger partial charge in [-0.15, -0.1) is 0 Å². The Labute approximate surface area is 165 Å². The molecule has 2 aliphatic rings. The van der Waals surface area contributed by atoms with Crippen LogP contribution in [0.3, 0.4) is 0 Å². The van der Waals surface area contributed by atoms with Crippen LogP contribution in [-0.4, -0.2) is 45.5 Å². The molecule has 28 heavy (non-hydrogen) atoms. The third-order valence-corrected chi connectivity index (χ3v) is 6.38. The smallest absolute Gasteiger partial charge is 0.214 e. The van der Waals surface area contributed by atoms with Crippen molar-refractivity contribution in [2.75, 3.05) is 36.0 Å². The second kappa shape index (κ2) is 6.74. The predicted octanol–water partition coefficient (Wildman–Crippen LogP) is 2.77. The number of aryl methyl sites for hydroxylation is 1. The summed E-state index contributed by atoms with van der Waals surface area (Å²) in [5, 5.41) is 0. The summed E-state index contributed by atoms with van der Waals surface area (Å²) in [4.78, 5) is 18.7. The van der Waals surface area contributed by atoms with Gasteiger partial charge in [-0.2, -0.15) is 0 Å². The van der Waals surface area contributed by atoms with E-state index in [1.54, 1.807) is 0 Å². The van der Waals surface area contributed by atoms with Gasteiger partial charge in [-0.3, -0.25) is 9.38 Å². The number of nitrogens with zero attached hydrogens (tertiary/aromatic N) is 6. The van der Waals surface area contributed by atoms with E-state index >= 15 is 0 Å². The molecule has 1 saturated heterocycles. The Hall–Kier alpha value is -2.67. The Morgan fingerprint density at radius 2 is 1.96 bits per heavy atom. The fraction of sp³-hybridized carbons (Fsp3) is 0.476. The molecule has 2 aliphatic heterocycles. The van der Waals surface area contributed by atoms with Crippen LogP contribution in [0.15, 0.2) is 36.9 Å². The summed E-state index contributed by atoms with van der Waals surface area (Å²) in [6.07, 6.45) is 12.0. The van der Waals surface area contributed by atoms with Crippen molar-refractivity contribution in [1.82, 2.24) is 19.4 Å². The number of hydrogen-bond acceptors (Lipinski definition) is 6. The maximum absolute atomic E-state index is 5.98. The molecule has 0 bridgehead atoms. The van der Waals surface area contributed by atoms with Crippen LogP contribution in [-0.2, 0) is 6.42 Å². The van der Waals surface area contributed by atoms with Crippen LogP contribution in [0.1, 0.15) is 31.9 Å². The zero-order valence-electron chi connectivity index (χ0n) is 16.4. The molecule has 3 aromatic rings. The average Bonchev–Trinajstić information content (AvgIpc) is 3.18. The monoisotopic (exact) mass is 377 g/mol. The molecule has 7 heteroatoms. The van der Waals surface area contributed by atoms with E-state index in [9.17, 15) is 0 Å². The van der Waals surface area contributed by atoms with Crippen molar-refractivity contribution in [3.8, 4) is 0 Å². The first-order chi connectivity index (χ1) is 13.7. The van der Waals surface area contributed by atoms with E-state index in [4.69, 9.17) is 15.7 Å². The predicted molar refractivity (Wildman–Crippen MR) is 111 cm³/mol. The minimum atomic E-state index is 0.248. The summed E-state index contributed by atoms with van der Waals surface area (Å²) < 4.78 is 2.17. The zero-order valence-corrected chi connectivity index (χ0v) is 16.4. The minimum Gasteiger partial charge on any atom is -0.355 e. The number of hydrogen-bond donors (Lipinski definition) is 1. The number of aromatic nitrogens is 4. The molecule has 2 N–H and O–H groups in total. The van der Waals surface area contributed by atoms with E-state index in [-0.39, 0.29) is 5.41 Å². The number of nitrogens with two attached hydrogens (primary N) is 1. The van der Waals surface area contributed by atoms with E-state index in [1.807, 2.05) is 30.9 Å². The SMILES string of the molecule is CC1(CN)CCN(c2nccn3c(N4CCCc5ncccc54)ncc23)CC1. The van der Waals surface area contributed by atoms with Gasteiger partial charge >= 0.3 is 0 Å². The summed E-state index contributed by atoms with van der Waals surface area (Å²) in [6.45, 7) is 5.96. The van der Waals surface area contributed by atoms with Crippen LogP contribution < -0.4 is 15.5 Å². The van der Waals surface area contributed by atoms with Crippen molar-refractivity contribution in [2.45, 2.75) is 32.6 Å². The van der Waals surface area contributed by atoms with Gasteiger partial charge in [0.1, 0.15) is 5.52 Å². The fourth-order valence-electron chi connectivity index (χ4n) is 4.41. The van der Waals surface area contributed by atoms with Crippen molar-refractivity contribution in [2.24, 2.45) is 11.1 Å². The lowest BCUT2D eigenvalue weighted by Gasteiger charge is -2.39. The van der Waals surface area contributed by atoms with E-state index in [0.29, 0.717) is 0 Å². The van der Waals surface area contributed by atoms with Crippen LogP contribution in [0.5, 0.6) is 0 Å². The largest absolute Gasteiger partial charge is 0.355 e. The molecule has 5 rings (SSSR count). The summed E-state index contributed by atoms with van der Waals surface area (Å²) >= 11 is 0. The Morgan fingerprint density at radius 3 is 2.79 bits per heavy atom. The normalized spacial score (nSPS) is 19.1. The highest BCUT2D eigenvalue weighted by atomic mass is 15.3. The molecule has 0 aliphatic carbocycles. The Morgan fingerprint density at radius 1 is 1.11 bits per heavy atom. The van der Waals surface area contributed by atoms with E-state index in [0.717, 1.165) is 80.5 Å². The molecule has 0 amide bonds. The van der Waals surface area contributed by atoms with Gasteiger partial charge in [0.2, 0.25) is 5.95 Å². The zero-order chi connectivity index (χ0) is 19.1. The molecule has 0 atom stereocenters. The molecule has 0 aromatic carbocycles. The van der Waals surface area contributed by atoms with Gasteiger partial charge in [-0.25, -0.2) is 9.97 Å². The number of piperidine rings is 1. The Bertz CT molecular complexity index is 987. The molecule has 7 nitrogen and oxygen atoms in total. The summed E-state index contributed by atoms with van der Waals surface area (Å²) in [5.41, 5.74) is 9.60. The first kappa shape index (κ1) is 17.4. The quantitative estimate of drug-likeness (QED) is 0.756. The van der Waals surface area contributed by atoms with Crippen molar-refractivity contribution in [3.63, 3.8) is 0 Å². The van der Waals surface area contributed by atoms with Crippen molar-refractivity contribution < 1.29 is 0 Å². The molecule has 146 valence electrons. The third-order valence-electron chi connectivity index (χ3n) is 6.38. The van der Waals surface area contributed by atoms with Crippen LogP contribution in [0, 0.1) is 5.41 Å². The summed E-state index contributed by atoms with van der Waals surface area (Å²) in [7, 11) is 0. The van der Waals surface area contributed by atoms with Gasteiger partial charge in [0, 0.05) is 38.2 Å². The lowest BCUT2D eigenvalue weighted by Crippen LogP contribution is -2.42. The van der Waals surface area contributed by atoms with Gasteiger partial charge in [-0.1, -0.05) is 6.92 Å². The number of imidazole rings is 1. The summed E-state index contributed by atoms with van der Waals surface area (Å²) in [6, 6.07) is 4.14. The molecule has 1 fully saturated rings. The Balaban J connectivity index is 1.51. The van der Waals surface area contributed by atoms with Gasteiger partial charge in [0.05, 0.1) is 17.6 Å². The van der Waals surface area contributed by atoms with Gasteiger partial charge in [0.25, 0.3) is 0 Å². The third kappa shape index (κ3) is 2.81. The fourth-order valence-corrected chi connectivity index (χ4v) is 4.41. The average molecular weight is 377 g/mol. The summed E-state index contributed by atoms with van der Waals surface area (Å²) in [5.74, 6) is 1.96. The van der Waals surface area contributed by atoms with Crippen LogP contribution in [0.4, 0.5) is 17.5 Å². The van der Waals surface area contributed by atoms with Gasteiger partial charge < -0.3 is 15.5 Å². The molecule has 0 radical (unpaired) electrons. The number of fused-ring (bicyclic) bond motifs is 2. The lowest BCUT2D eigenvalue weighted by atomic mass is 9.80.